The fraction of sp³-hybridized carbons (Fsp3) is 0.0345. The van der Waals surface area contributed by atoms with E-state index < -0.39 is 5.97 Å². The van der Waals surface area contributed by atoms with E-state index in [0.29, 0.717) is 6.61 Å². The van der Waals surface area contributed by atoms with Crippen LogP contribution < -0.4 is 4.74 Å². The fourth-order valence-corrected chi connectivity index (χ4v) is 3.86. The van der Waals surface area contributed by atoms with Crippen molar-refractivity contribution in [1.29, 1.82) is 0 Å². The maximum absolute atomic E-state index is 10.9. The summed E-state index contributed by atoms with van der Waals surface area (Å²) < 4.78 is 8.06. The molecule has 0 aliphatic rings. The van der Waals surface area contributed by atoms with Gasteiger partial charge in [0.1, 0.15) is 18.2 Å². The average molecular weight is 447 g/mol. The number of carbonyl (C=O) groups is 1. The number of aromatic nitrogens is 2. The van der Waals surface area contributed by atoms with Crippen molar-refractivity contribution in [2.75, 3.05) is 0 Å². The van der Waals surface area contributed by atoms with Crippen LogP contribution in [0.2, 0.25) is 0 Å². The Morgan fingerprint density at radius 1 is 0.882 bits per heavy atom. The van der Waals surface area contributed by atoms with Gasteiger partial charge >= 0.3 is 5.97 Å². The van der Waals surface area contributed by atoms with Gasteiger partial charge in [-0.05, 0) is 59.7 Å². The number of carboxylic acids is 1. The number of hydrogen-bond acceptors (Lipinski definition) is 3. The molecule has 0 aliphatic carbocycles. The van der Waals surface area contributed by atoms with Crippen LogP contribution in [0.15, 0.2) is 109 Å². The molecule has 34 heavy (non-hydrogen) atoms. The summed E-state index contributed by atoms with van der Waals surface area (Å²) in [4.78, 5) is 15.8. The molecule has 0 bridgehead atoms. The van der Waals surface area contributed by atoms with Gasteiger partial charge < -0.3 is 9.84 Å². The minimum absolute atomic E-state index is 0.510. The van der Waals surface area contributed by atoms with E-state index in [2.05, 4.69) is 4.57 Å². The van der Waals surface area contributed by atoms with Crippen LogP contribution >= 0.6 is 0 Å². The Balaban J connectivity index is 1.51. The Kier molecular flexibility index (Phi) is 5.91. The lowest BCUT2D eigenvalue weighted by Crippen LogP contribution is -1.99. The predicted molar refractivity (Wildman–Crippen MR) is 134 cm³/mol. The summed E-state index contributed by atoms with van der Waals surface area (Å²) in [6.45, 7) is 0.510. The molecule has 5 aromatic rings. The second-order valence-corrected chi connectivity index (χ2v) is 7.82. The minimum atomic E-state index is -0.979. The van der Waals surface area contributed by atoms with Gasteiger partial charge in [0.05, 0.1) is 11.0 Å². The molecule has 0 amide bonds. The molecule has 166 valence electrons. The van der Waals surface area contributed by atoms with E-state index in [1.54, 1.807) is 6.08 Å². The SMILES string of the molecule is O=C(O)/C=C/c1cccc(-c2nc3ccccc3n2-c2ccc(OCc3ccccc3)cc2)c1. The highest BCUT2D eigenvalue weighted by molar-refractivity contribution is 5.86. The van der Waals surface area contributed by atoms with Gasteiger partial charge in [-0.2, -0.15) is 0 Å². The summed E-state index contributed by atoms with van der Waals surface area (Å²) in [6, 6.07) is 33.7. The lowest BCUT2D eigenvalue weighted by atomic mass is 10.1. The van der Waals surface area contributed by atoms with Crippen molar-refractivity contribution in [3.63, 3.8) is 0 Å². The maximum atomic E-state index is 10.9. The number of carboxylic acid groups (broad SMARTS) is 1. The van der Waals surface area contributed by atoms with Crippen LogP contribution in [0, 0.1) is 0 Å². The highest BCUT2D eigenvalue weighted by Gasteiger charge is 2.14. The Morgan fingerprint density at radius 2 is 1.65 bits per heavy atom. The maximum Gasteiger partial charge on any atom is 0.328 e. The number of ether oxygens (including phenoxy) is 1. The molecule has 5 heteroatoms. The summed E-state index contributed by atoms with van der Waals surface area (Å²) in [6.07, 6.45) is 2.72. The highest BCUT2D eigenvalue weighted by Crippen LogP contribution is 2.30. The molecular weight excluding hydrogens is 424 g/mol. The quantitative estimate of drug-likeness (QED) is 0.295. The number of para-hydroxylation sites is 2. The van der Waals surface area contributed by atoms with Crippen LogP contribution in [0.4, 0.5) is 0 Å². The molecule has 0 saturated heterocycles. The predicted octanol–water partition coefficient (Wildman–Crippen LogP) is 6.37. The lowest BCUT2D eigenvalue weighted by Gasteiger charge is -2.12. The van der Waals surface area contributed by atoms with Crippen molar-refractivity contribution in [1.82, 2.24) is 9.55 Å². The number of fused-ring (bicyclic) bond motifs is 1. The second kappa shape index (κ2) is 9.46. The van der Waals surface area contributed by atoms with Gasteiger partial charge in [-0.25, -0.2) is 9.78 Å². The summed E-state index contributed by atoms with van der Waals surface area (Å²) in [5.74, 6) is 0.594. The molecule has 0 saturated carbocycles. The smallest absolute Gasteiger partial charge is 0.328 e. The monoisotopic (exact) mass is 446 g/mol. The van der Waals surface area contributed by atoms with Gasteiger partial charge in [0.15, 0.2) is 0 Å². The zero-order valence-corrected chi connectivity index (χ0v) is 18.3. The van der Waals surface area contributed by atoms with Crippen molar-refractivity contribution in [3.8, 4) is 22.8 Å². The first-order valence-electron chi connectivity index (χ1n) is 10.9. The van der Waals surface area contributed by atoms with E-state index in [4.69, 9.17) is 14.8 Å². The lowest BCUT2D eigenvalue weighted by molar-refractivity contribution is -0.131. The van der Waals surface area contributed by atoms with Gasteiger partial charge in [-0.3, -0.25) is 4.57 Å². The topological polar surface area (TPSA) is 64.3 Å². The van der Waals surface area contributed by atoms with Crippen LogP contribution in [0.5, 0.6) is 5.75 Å². The molecule has 0 spiro atoms. The Morgan fingerprint density at radius 3 is 2.44 bits per heavy atom. The molecule has 5 rings (SSSR count). The van der Waals surface area contributed by atoms with Gasteiger partial charge in [0.2, 0.25) is 0 Å². The second-order valence-electron chi connectivity index (χ2n) is 7.82. The van der Waals surface area contributed by atoms with E-state index in [9.17, 15) is 4.79 Å². The molecule has 1 aromatic heterocycles. The van der Waals surface area contributed by atoms with E-state index >= 15 is 0 Å². The normalized spacial score (nSPS) is 11.2. The van der Waals surface area contributed by atoms with Crippen molar-refractivity contribution < 1.29 is 14.6 Å². The van der Waals surface area contributed by atoms with Gasteiger partial charge in [0, 0.05) is 17.3 Å². The molecule has 4 aromatic carbocycles. The number of nitrogens with zero attached hydrogens (tertiary/aromatic N) is 2. The third kappa shape index (κ3) is 4.59. The summed E-state index contributed by atoms with van der Waals surface area (Å²) in [7, 11) is 0. The molecule has 0 fully saturated rings. The zero-order valence-electron chi connectivity index (χ0n) is 18.3. The van der Waals surface area contributed by atoms with Crippen LogP contribution in [0.1, 0.15) is 11.1 Å². The molecular formula is C29H22N2O3. The standard InChI is InChI=1S/C29H22N2O3/c32-28(33)18-13-21-9-6-10-23(19-21)29-30-26-11-4-5-12-27(26)31(29)24-14-16-25(17-15-24)34-20-22-7-2-1-3-8-22/h1-19H,20H2,(H,32,33)/b18-13+. The summed E-state index contributed by atoms with van der Waals surface area (Å²) in [5.41, 5.74) is 5.64. The molecule has 1 N–H and O–H groups in total. The molecule has 0 aliphatic heterocycles. The molecule has 1 heterocycles. The summed E-state index contributed by atoms with van der Waals surface area (Å²) in [5, 5.41) is 8.96. The number of aliphatic carboxylic acids is 1. The van der Waals surface area contributed by atoms with E-state index in [1.165, 1.54) is 0 Å². The van der Waals surface area contributed by atoms with E-state index in [0.717, 1.165) is 51.1 Å². The first-order chi connectivity index (χ1) is 16.7. The first-order valence-corrected chi connectivity index (χ1v) is 10.9. The van der Waals surface area contributed by atoms with Crippen LogP contribution in [0.25, 0.3) is 34.2 Å². The van der Waals surface area contributed by atoms with Crippen molar-refractivity contribution >= 4 is 23.1 Å². The molecule has 0 radical (unpaired) electrons. The number of hydrogen-bond donors (Lipinski definition) is 1. The number of rotatable bonds is 7. The molecule has 0 unspecified atom stereocenters. The summed E-state index contributed by atoms with van der Waals surface area (Å²) >= 11 is 0. The first kappa shape index (κ1) is 21.2. The van der Waals surface area contributed by atoms with Gasteiger partial charge in [-0.15, -0.1) is 0 Å². The zero-order chi connectivity index (χ0) is 23.3. The van der Waals surface area contributed by atoms with Gasteiger partial charge in [-0.1, -0.05) is 60.7 Å². The van der Waals surface area contributed by atoms with Crippen LogP contribution in [0.3, 0.4) is 0 Å². The van der Waals surface area contributed by atoms with Crippen LogP contribution in [-0.4, -0.2) is 20.6 Å². The Labute approximate surface area is 197 Å². The highest BCUT2D eigenvalue weighted by atomic mass is 16.5. The van der Waals surface area contributed by atoms with E-state index in [1.807, 2.05) is 103 Å². The minimum Gasteiger partial charge on any atom is -0.489 e. The van der Waals surface area contributed by atoms with Crippen molar-refractivity contribution in [2.45, 2.75) is 6.61 Å². The Bertz CT molecular complexity index is 1470. The third-order valence-corrected chi connectivity index (χ3v) is 5.47. The van der Waals surface area contributed by atoms with Crippen molar-refractivity contribution in [3.05, 3.63) is 120 Å². The molecule has 5 nitrogen and oxygen atoms in total. The average Bonchev–Trinajstić information content (AvgIpc) is 3.27. The number of imidazole rings is 1. The molecule has 0 atom stereocenters. The fourth-order valence-electron chi connectivity index (χ4n) is 3.86. The van der Waals surface area contributed by atoms with E-state index in [-0.39, 0.29) is 0 Å². The van der Waals surface area contributed by atoms with Gasteiger partial charge in [0.25, 0.3) is 0 Å². The van der Waals surface area contributed by atoms with Crippen LogP contribution in [-0.2, 0) is 11.4 Å². The Hall–Kier alpha value is -4.64. The largest absolute Gasteiger partial charge is 0.489 e. The van der Waals surface area contributed by atoms with Crippen molar-refractivity contribution in [2.24, 2.45) is 0 Å². The number of benzene rings is 4. The third-order valence-electron chi connectivity index (χ3n) is 5.47.